The summed E-state index contributed by atoms with van der Waals surface area (Å²) in [7, 11) is 0. The highest BCUT2D eigenvalue weighted by molar-refractivity contribution is 5.69. The van der Waals surface area contributed by atoms with Crippen LogP contribution in [0.25, 0.3) is 0 Å². The van der Waals surface area contributed by atoms with Gasteiger partial charge in [-0.15, -0.1) is 0 Å². The van der Waals surface area contributed by atoms with Crippen LogP contribution in [0.2, 0.25) is 0 Å². The monoisotopic (exact) mass is 272 g/mol. The Balaban J connectivity index is 4.16. The number of rotatable bonds is 9. The van der Waals surface area contributed by atoms with Gasteiger partial charge < -0.3 is 9.47 Å². The molecule has 0 aliphatic heterocycles. The fraction of sp³-hybridized carbons (Fsp3) is 0.938. The Morgan fingerprint density at radius 3 is 2.21 bits per heavy atom. The maximum atomic E-state index is 11.4. The number of carbonyl (C=O) groups is 1. The largest absolute Gasteiger partial charge is 0.463 e. The van der Waals surface area contributed by atoms with Crippen molar-refractivity contribution >= 4 is 5.97 Å². The van der Waals surface area contributed by atoms with Gasteiger partial charge in [0.15, 0.2) is 0 Å². The Bertz CT molecular complexity index is 259. The molecule has 3 nitrogen and oxygen atoms in total. The van der Waals surface area contributed by atoms with Crippen LogP contribution in [0.5, 0.6) is 0 Å². The van der Waals surface area contributed by atoms with Gasteiger partial charge in [-0.2, -0.15) is 0 Å². The van der Waals surface area contributed by atoms with Crippen LogP contribution in [0.15, 0.2) is 0 Å². The van der Waals surface area contributed by atoms with E-state index in [1.54, 1.807) is 0 Å². The molecule has 0 rings (SSSR count). The SMILES string of the molecule is CCCC(=O)OCC(C)(C)OC(C)C(C)CC(C)C. The van der Waals surface area contributed by atoms with Crippen LogP contribution in [0.4, 0.5) is 0 Å². The van der Waals surface area contributed by atoms with Crippen LogP contribution < -0.4 is 0 Å². The van der Waals surface area contributed by atoms with Gasteiger partial charge in [0.2, 0.25) is 0 Å². The van der Waals surface area contributed by atoms with E-state index in [1.165, 1.54) is 0 Å². The first-order valence-corrected chi connectivity index (χ1v) is 7.51. The fourth-order valence-electron chi connectivity index (χ4n) is 2.12. The van der Waals surface area contributed by atoms with Crippen LogP contribution in [-0.4, -0.2) is 24.3 Å². The van der Waals surface area contributed by atoms with E-state index in [9.17, 15) is 4.79 Å². The summed E-state index contributed by atoms with van der Waals surface area (Å²) in [5.74, 6) is 1.04. The Labute approximate surface area is 119 Å². The van der Waals surface area contributed by atoms with Gasteiger partial charge >= 0.3 is 5.97 Å². The lowest BCUT2D eigenvalue weighted by Gasteiger charge is -2.32. The summed E-state index contributed by atoms with van der Waals surface area (Å²) < 4.78 is 11.3. The maximum absolute atomic E-state index is 11.4. The number of hydrogen-bond acceptors (Lipinski definition) is 3. The molecule has 114 valence electrons. The van der Waals surface area contributed by atoms with Gasteiger partial charge in [-0.3, -0.25) is 4.79 Å². The van der Waals surface area contributed by atoms with Crippen molar-refractivity contribution in [2.24, 2.45) is 11.8 Å². The van der Waals surface area contributed by atoms with E-state index in [0.717, 1.165) is 12.8 Å². The highest BCUT2D eigenvalue weighted by atomic mass is 16.6. The summed E-state index contributed by atoms with van der Waals surface area (Å²) in [6, 6.07) is 0. The average Bonchev–Trinajstić information content (AvgIpc) is 2.25. The molecule has 0 saturated carbocycles. The predicted octanol–water partition coefficient (Wildman–Crippen LogP) is 4.20. The molecule has 0 bridgehead atoms. The van der Waals surface area contributed by atoms with Gasteiger partial charge in [0.05, 0.1) is 11.7 Å². The Morgan fingerprint density at radius 2 is 1.74 bits per heavy atom. The van der Waals surface area contributed by atoms with Gasteiger partial charge in [-0.25, -0.2) is 0 Å². The minimum absolute atomic E-state index is 0.137. The number of esters is 1. The van der Waals surface area contributed by atoms with Crippen molar-refractivity contribution in [2.75, 3.05) is 6.61 Å². The maximum Gasteiger partial charge on any atom is 0.305 e. The van der Waals surface area contributed by atoms with Crippen LogP contribution >= 0.6 is 0 Å². The van der Waals surface area contributed by atoms with E-state index in [0.29, 0.717) is 24.9 Å². The molecule has 0 radical (unpaired) electrons. The molecule has 0 aromatic carbocycles. The summed E-state index contributed by atoms with van der Waals surface area (Å²) >= 11 is 0. The van der Waals surface area contributed by atoms with Crippen molar-refractivity contribution in [3.05, 3.63) is 0 Å². The zero-order valence-electron chi connectivity index (χ0n) is 13.8. The molecule has 3 heteroatoms. The molecule has 2 unspecified atom stereocenters. The average molecular weight is 272 g/mol. The Morgan fingerprint density at radius 1 is 1.16 bits per heavy atom. The molecule has 0 heterocycles. The first-order valence-electron chi connectivity index (χ1n) is 7.51. The molecule has 2 atom stereocenters. The second-order valence-corrected chi connectivity index (χ2v) is 6.60. The first-order chi connectivity index (χ1) is 8.68. The molecule has 0 amide bonds. The van der Waals surface area contributed by atoms with Crippen molar-refractivity contribution < 1.29 is 14.3 Å². The minimum Gasteiger partial charge on any atom is -0.463 e. The summed E-state index contributed by atoms with van der Waals surface area (Å²) in [6.07, 6.45) is 2.62. The van der Waals surface area contributed by atoms with Gasteiger partial charge in [-0.05, 0) is 45.4 Å². The molecule has 0 N–H and O–H groups in total. The smallest absolute Gasteiger partial charge is 0.305 e. The molecule has 0 aromatic heterocycles. The van der Waals surface area contributed by atoms with E-state index in [4.69, 9.17) is 9.47 Å². The first kappa shape index (κ1) is 18.4. The highest BCUT2D eigenvalue weighted by Gasteiger charge is 2.26. The molecule has 0 aliphatic rings. The molecule has 0 fully saturated rings. The van der Waals surface area contributed by atoms with E-state index in [2.05, 4.69) is 27.7 Å². The lowest BCUT2D eigenvalue weighted by atomic mass is 9.94. The minimum atomic E-state index is -0.423. The van der Waals surface area contributed by atoms with Crippen molar-refractivity contribution in [3.8, 4) is 0 Å². The van der Waals surface area contributed by atoms with Crippen LogP contribution in [-0.2, 0) is 14.3 Å². The lowest BCUT2D eigenvalue weighted by molar-refractivity contribution is -0.160. The third kappa shape index (κ3) is 9.04. The summed E-state index contributed by atoms with van der Waals surface area (Å²) in [5.41, 5.74) is -0.423. The molecule has 0 aliphatic carbocycles. The van der Waals surface area contributed by atoms with Gasteiger partial charge in [-0.1, -0.05) is 27.7 Å². The van der Waals surface area contributed by atoms with E-state index >= 15 is 0 Å². The number of ether oxygens (including phenoxy) is 2. The molecule has 19 heavy (non-hydrogen) atoms. The van der Waals surface area contributed by atoms with Gasteiger partial charge in [0.1, 0.15) is 6.61 Å². The zero-order chi connectivity index (χ0) is 15.1. The fourth-order valence-corrected chi connectivity index (χ4v) is 2.12. The van der Waals surface area contributed by atoms with E-state index < -0.39 is 5.60 Å². The molecule has 0 saturated heterocycles. The van der Waals surface area contributed by atoms with E-state index in [1.807, 2.05) is 20.8 Å². The van der Waals surface area contributed by atoms with Crippen molar-refractivity contribution in [1.29, 1.82) is 0 Å². The van der Waals surface area contributed by atoms with E-state index in [-0.39, 0.29) is 12.1 Å². The summed E-state index contributed by atoms with van der Waals surface area (Å²) in [6.45, 7) is 15.0. The van der Waals surface area contributed by atoms with Crippen molar-refractivity contribution in [3.63, 3.8) is 0 Å². The highest BCUT2D eigenvalue weighted by Crippen LogP contribution is 2.22. The molecular weight excluding hydrogens is 240 g/mol. The quantitative estimate of drug-likeness (QED) is 0.590. The topological polar surface area (TPSA) is 35.5 Å². The third-order valence-corrected chi connectivity index (χ3v) is 3.18. The normalized spacial score (nSPS) is 15.4. The van der Waals surface area contributed by atoms with Crippen LogP contribution in [0, 0.1) is 11.8 Å². The Hall–Kier alpha value is -0.570. The standard InChI is InChI=1S/C16H32O3/c1-8-9-15(17)18-11-16(6,7)19-14(5)13(4)10-12(2)3/h12-14H,8-11H2,1-7H3. The van der Waals surface area contributed by atoms with Crippen molar-refractivity contribution in [2.45, 2.75) is 79.4 Å². The van der Waals surface area contributed by atoms with Crippen LogP contribution in [0.3, 0.4) is 0 Å². The number of hydrogen-bond donors (Lipinski definition) is 0. The molecule has 0 spiro atoms. The zero-order valence-corrected chi connectivity index (χ0v) is 13.8. The summed E-state index contributed by atoms with van der Waals surface area (Å²) in [4.78, 5) is 11.4. The second kappa shape index (κ2) is 8.57. The summed E-state index contributed by atoms with van der Waals surface area (Å²) in [5, 5.41) is 0. The van der Waals surface area contributed by atoms with Gasteiger partial charge in [0.25, 0.3) is 0 Å². The Kier molecular flexibility index (Phi) is 8.31. The predicted molar refractivity (Wildman–Crippen MR) is 79.1 cm³/mol. The number of carbonyl (C=O) groups excluding carboxylic acids is 1. The lowest BCUT2D eigenvalue weighted by Crippen LogP contribution is -2.37. The van der Waals surface area contributed by atoms with Crippen LogP contribution in [0.1, 0.15) is 67.7 Å². The van der Waals surface area contributed by atoms with Gasteiger partial charge in [0, 0.05) is 6.42 Å². The van der Waals surface area contributed by atoms with Crippen molar-refractivity contribution in [1.82, 2.24) is 0 Å². The molecular formula is C16H32O3. The molecule has 0 aromatic rings. The third-order valence-electron chi connectivity index (χ3n) is 3.18. The second-order valence-electron chi connectivity index (χ2n) is 6.60.